The van der Waals surface area contributed by atoms with Gasteiger partial charge in [-0.15, -0.1) is 0 Å². The maximum Gasteiger partial charge on any atom is 0.289 e. The second kappa shape index (κ2) is 9.28. The summed E-state index contributed by atoms with van der Waals surface area (Å²) in [4.78, 5) is 19.8. The van der Waals surface area contributed by atoms with Crippen molar-refractivity contribution in [2.45, 2.75) is 47.6 Å². The van der Waals surface area contributed by atoms with Gasteiger partial charge in [0.05, 0.1) is 9.85 Å². The molecule has 0 spiro atoms. The normalized spacial score (nSPS) is 19.4. The summed E-state index contributed by atoms with van der Waals surface area (Å²) in [5.74, 6) is 0. The molecule has 172 valence electrons. The summed E-state index contributed by atoms with van der Waals surface area (Å²) in [6.07, 6.45) is 1.77. The van der Waals surface area contributed by atoms with Crippen LogP contribution in [0, 0.1) is 20.2 Å². The Labute approximate surface area is 184 Å². The summed E-state index contributed by atoms with van der Waals surface area (Å²) in [5.41, 5.74) is -1.21. The van der Waals surface area contributed by atoms with E-state index in [1.54, 1.807) is 0 Å². The number of nitro groups is 2. The summed E-state index contributed by atoms with van der Waals surface area (Å²) in [6, 6.07) is 7.87. The van der Waals surface area contributed by atoms with Crippen LogP contribution in [0.1, 0.15) is 25.7 Å². The molecule has 0 radical (unpaired) electrons. The summed E-state index contributed by atoms with van der Waals surface area (Å²) < 4.78 is 56.2. The average Bonchev–Trinajstić information content (AvgIpc) is 2.74. The highest BCUT2D eigenvalue weighted by Gasteiger charge is 2.36. The molecule has 3 rings (SSSR count). The van der Waals surface area contributed by atoms with E-state index < -0.39 is 63.1 Å². The Balaban J connectivity index is 1.89. The lowest BCUT2D eigenvalue weighted by Crippen LogP contribution is -2.53. The molecule has 1 saturated carbocycles. The summed E-state index contributed by atoms with van der Waals surface area (Å²) in [7, 11) is -8.69. The van der Waals surface area contributed by atoms with E-state index in [1.807, 2.05) is 0 Å². The molecule has 0 saturated heterocycles. The lowest BCUT2D eigenvalue weighted by atomic mass is 9.92. The van der Waals surface area contributed by atoms with Gasteiger partial charge >= 0.3 is 0 Å². The van der Waals surface area contributed by atoms with Crippen LogP contribution in [0.5, 0.6) is 0 Å². The Bertz CT molecular complexity index is 1150. The van der Waals surface area contributed by atoms with E-state index in [9.17, 15) is 37.1 Å². The average molecular weight is 485 g/mol. The molecule has 1 aliphatic rings. The lowest BCUT2D eigenvalue weighted by molar-refractivity contribution is -0.388. The molecule has 2 N–H and O–H groups in total. The van der Waals surface area contributed by atoms with Gasteiger partial charge in [-0.2, -0.15) is 0 Å². The van der Waals surface area contributed by atoms with Crippen LogP contribution in [0.2, 0.25) is 0 Å². The SMILES string of the molecule is O=[N+]([O-])c1ccccc1S(=O)(=O)N[C@@H]1CCCC[C@H]1NS(=O)(=O)c1ccccc1[N+](=O)[O-]. The van der Waals surface area contributed by atoms with Gasteiger partial charge in [0, 0.05) is 24.2 Å². The summed E-state index contributed by atoms with van der Waals surface area (Å²) in [5, 5.41) is 22.4. The van der Waals surface area contributed by atoms with Crippen molar-refractivity contribution in [3.63, 3.8) is 0 Å². The van der Waals surface area contributed by atoms with Crippen molar-refractivity contribution in [3.05, 3.63) is 68.8 Å². The largest absolute Gasteiger partial charge is 0.289 e. The second-order valence-electron chi connectivity index (χ2n) is 7.19. The van der Waals surface area contributed by atoms with E-state index >= 15 is 0 Å². The topological polar surface area (TPSA) is 179 Å². The Morgan fingerprint density at radius 2 is 1.03 bits per heavy atom. The fourth-order valence-corrected chi connectivity index (χ4v) is 6.58. The third kappa shape index (κ3) is 5.09. The highest BCUT2D eigenvalue weighted by molar-refractivity contribution is 7.90. The van der Waals surface area contributed by atoms with Crippen molar-refractivity contribution in [1.82, 2.24) is 9.44 Å². The molecular formula is C18H20N4O8S2. The number of benzene rings is 2. The van der Waals surface area contributed by atoms with Gasteiger partial charge in [0.2, 0.25) is 20.0 Å². The smallest absolute Gasteiger partial charge is 0.258 e. The first-order valence-corrected chi connectivity index (χ1v) is 12.5. The third-order valence-electron chi connectivity index (χ3n) is 5.08. The molecule has 2 aromatic carbocycles. The van der Waals surface area contributed by atoms with Crippen LogP contribution in [-0.4, -0.2) is 38.8 Å². The van der Waals surface area contributed by atoms with Gasteiger partial charge in [-0.3, -0.25) is 20.2 Å². The Kier molecular flexibility index (Phi) is 6.88. The van der Waals surface area contributed by atoms with E-state index in [2.05, 4.69) is 9.44 Å². The molecule has 0 unspecified atom stereocenters. The number of nitrogens with zero attached hydrogens (tertiary/aromatic N) is 2. The van der Waals surface area contributed by atoms with Crippen molar-refractivity contribution in [3.8, 4) is 0 Å². The number of hydrogen-bond acceptors (Lipinski definition) is 8. The van der Waals surface area contributed by atoms with Crippen LogP contribution in [0.4, 0.5) is 11.4 Å². The number of nitro benzene ring substituents is 2. The molecule has 2 atom stereocenters. The lowest BCUT2D eigenvalue weighted by Gasteiger charge is -2.32. The Morgan fingerprint density at radius 1 is 0.688 bits per heavy atom. The molecule has 1 fully saturated rings. The number of nitrogens with one attached hydrogen (secondary N) is 2. The number of sulfonamides is 2. The van der Waals surface area contributed by atoms with Crippen LogP contribution in [0.25, 0.3) is 0 Å². The van der Waals surface area contributed by atoms with E-state index in [0.29, 0.717) is 12.8 Å². The van der Waals surface area contributed by atoms with Crippen molar-refractivity contribution in [2.75, 3.05) is 0 Å². The monoisotopic (exact) mass is 484 g/mol. The minimum atomic E-state index is -4.35. The fraction of sp³-hybridized carbons (Fsp3) is 0.333. The van der Waals surface area contributed by atoms with Crippen LogP contribution in [0.3, 0.4) is 0 Å². The molecule has 0 aromatic heterocycles. The highest BCUT2D eigenvalue weighted by Crippen LogP contribution is 2.28. The maximum atomic E-state index is 12.9. The Hall–Kier alpha value is -2.94. The number of hydrogen-bond donors (Lipinski definition) is 2. The number of para-hydroxylation sites is 2. The van der Waals surface area contributed by atoms with Gasteiger partial charge in [-0.1, -0.05) is 37.1 Å². The highest BCUT2D eigenvalue weighted by atomic mass is 32.2. The molecule has 1 aliphatic carbocycles. The molecule has 14 heteroatoms. The quantitative estimate of drug-likeness (QED) is 0.422. The van der Waals surface area contributed by atoms with E-state index in [1.165, 1.54) is 24.3 Å². The van der Waals surface area contributed by atoms with E-state index in [-0.39, 0.29) is 12.8 Å². The van der Waals surface area contributed by atoms with Crippen molar-refractivity contribution in [2.24, 2.45) is 0 Å². The van der Waals surface area contributed by atoms with Gasteiger partial charge in [0.15, 0.2) is 9.79 Å². The molecule has 2 aromatic rings. The van der Waals surface area contributed by atoms with Crippen LogP contribution in [-0.2, 0) is 20.0 Å². The molecular weight excluding hydrogens is 464 g/mol. The first kappa shape index (κ1) is 23.7. The first-order chi connectivity index (χ1) is 15.0. The second-order valence-corrected chi connectivity index (χ2v) is 10.6. The zero-order valence-electron chi connectivity index (χ0n) is 16.6. The molecule has 0 aliphatic heterocycles. The van der Waals surface area contributed by atoms with Gasteiger partial charge < -0.3 is 0 Å². The van der Waals surface area contributed by atoms with Crippen LogP contribution >= 0.6 is 0 Å². The summed E-state index contributed by atoms with van der Waals surface area (Å²) >= 11 is 0. The first-order valence-electron chi connectivity index (χ1n) is 9.54. The van der Waals surface area contributed by atoms with E-state index in [4.69, 9.17) is 0 Å². The molecule has 32 heavy (non-hydrogen) atoms. The molecule has 0 amide bonds. The zero-order valence-corrected chi connectivity index (χ0v) is 18.2. The fourth-order valence-electron chi connectivity index (χ4n) is 3.61. The molecule has 0 bridgehead atoms. The predicted octanol–water partition coefficient (Wildman–Crippen LogP) is 2.07. The molecule has 0 heterocycles. The minimum absolute atomic E-state index is 0.282. The zero-order chi connectivity index (χ0) is 23.5. The van der Waals surface area contributed by atoms with Crippen molar-refractivity contribution < 1.29 is 26.7 Å². The third-order valence-corrected chi connectivity index (χ3v) is 8.16. The minimum Gasteiger partial charge on any atom is -0.258 e. The molecule has 12 nitrogen and oxygen atoms in total. The van der Waals surface area contributed by atoms with Gasteiger partial charge in [0.25, 0.3) is 11.4 Å². The van der Waals surface area contributed by atoms with Crippen molar-refractivity contribution in [1.29, 1.82) is 0 Å². The number of rotatable bonds is 8. The van der Waals surface area contributed by atoms with Crippen LogP contribution < -0.4 is 9.44 Å². The predicted molar refractivity (Wildman–Crippen MR) is 113 cm³/mol. The van der Waals surface area contributed by atoms with Crippen molar-refractivity contribution >= 4 is 31.4 Å². The van der Waals surface area contributed by atoms with Gasteiger partial charge in [0.1, 0.15) is 0 Å². The summed E-state index contributed by atoms with van der Waals surface area (Å²) in [6.45, 7) is 0. The standard InChI is InChI=1S/C18H20N4O8S2/c23-21(24)15-9-3-5-11-17(15)31(27,28)19-13-7-1-2-8-14(13)20-32(29,30)18-12-6-4-10-16(18)22(25)26/h3-6,9-14,19-20H,1-2,7-8H2/t13-,14-/m1/s1. The van der Waals surface area contributed by atoms with Gasteiger partial charge in [-0.25, -0.2) is 26.3 Å². The van der Waals surface area contributed by atoms with Crippen LogP contribution in [0.15, 0.2) is 58.3 Å². The van der Waals surface area contributed by atoms with Gasteiger partial charge in [-0.05, 0) is 25.0 Å². The Morgan fingerprint density at radius 3 is 1.38 bits per heavy atom. The van der Waals surface area contributed by atoms with E-state index in [0.717, 1.165) is 24.3 Å². The maximum absolute atomic E-state index is 12.9.